The molecule has 0 amide bonds. The number of phenolic OH excluding ortho intramolecular Hbond substituents is 2. The van der Waals surface area contributed by atoms with Gasteiger partial charge in [0.25, 0.3) is 0 Å². The van der Waals surface area contributed by atoms with Crippen LogP contribution < -0.4 is 0 Å². The summed E-state index contributed by atoms with van der Waals surface area (Å²) < 4.78 is 0. The second kappa shape index (κ2) is 16.7. The first-order valence-electron chi connectivity index (χ1n) is 9.48. The third-order valence-electron chi connectivity index (χ3n) is 4.99. The minimum Gasteiger partial charge on any atom is -0.557 e. The van der Waals surface area contributed by atoms with E-state index in [2.05, 4.69) is 45.9 Å². The number of aryl methyl sites for hydroxylation is 1. The summed E-state index contributed by atoms with van der Waals surface area (Å²) in [6.45, 7) is 9.08. The third-order valence-corrected chi connectivity index (χ3v) is 4.99. The van der Waals surface area contributed by atoms with Gasteiger partial charge in [0.15, 0.2) is 0 Å². The van der Waals surface area contributed by atoms with Crippen LogP contribution in [0.15, 0.2) is 17.7 Å². The molecule has 2 atom stereocenters. The maximum absolute atomic E-state index is 9.11. The number of allylic oxidation sites excluding steroid dienone is 2. The molecule has 2 unspecified atom stereocenters. The van der Waals surface area contributed by atoms with Crippen LogP contribution >= 0.6 is 0 Å². The number of benzene rings is 1. The van der Waals surface area contributed by atoms with E-state index in [1.807, 2.05) is 0 Å². The zero-order chi connectivity index (χ0) is 17.9. The fraction of sp³-hybridized carbons (Fsp3) is 0.636. The van der Waals surface area contributed by atoms with Gasteiger partial charge >= 0.3 is 0 Å². The first-order valence-corrected chi connectivity index (χ1v) is 9.48. The molecule has 1 aromatic carbocycles. The van der Waals surface area contributed by atoms with Crippen molar-refractivity contribution in [1.29, 1.82) is 0 Å². The molecule has 0 spiro atoms. The second-order valence-electron chi connectivity index (χ2n) is 7.07. The molecule has 0 saturated carbocycles. The Morgan fingerprint density at radius 1 is 1.12 bits per heavy atom. The predicted octanol–water partition coefficient (Wildman–Crippen LogP) is 6.20. The molecule has 2 rings (SSSR count). The van der Waals surface area contributed by atoms with Crippen LogP contribution in [0.25, 0.3) is 0 Å². The van der Waals surface area contributed by atoms with Crippen LogP contribution in [0.5, 0.6) is 11.5 Å². The van der Waals surface area contributed by atoms with Crippen molar-refractivity contribution in [1.82, 2.24) is 0 Å². The second-order valence-corrected chi connectivity index (χ2v) is 7.07. The van der Waals surface area contributed by atoms with E-state index in [-0.39, 0.29) is 76.9 Å². The van der Waals surface area contributed by atoms with E-state index in [1.54, 1.807) is 5.57 Å². The van der Waals surface area contributed by atoms with Crippen LogP contribution in [-0.4, -0.2) is 10.2 Å². The molecule has 1 aromatic rings. The van der Waals surface area contributed by atoms with Crippen LogP contribution in [0.3, 0.4) is 0 Å². The van der Waals surface area contributed by atoms with Gasteiger partial charge in [-0.25, -0.2) is 6.07 Å². The van der Waals surface area contributed by atoms with Gasteiger partial charge in [-0.15, -0.1) is 11.5 Å². The molecule has 0 saturated heterocycles. The minimum absolute atomic E-state index is 0. The summed E-state index contributed by atoms with van der Waals surface area (Å²) in [5.74, 6) is 1.88. The molecule has 0 aromatic heterocycles. The smallest absolute Gasteiger partial charge is 0 e. The van der Waals surface area contributed by atoms with Crippen LogP contribution in [0.1, 0.15) is 78.2 Å². The van der Waals surface area contributed by atoms with Gasteiger partial charge in [-0.05, 0) is 38.0 Å². The molecule has 0 aliphatic heterocycles. The van der Waals surface area contributed by atoms with E-state index in [0.29, 0.717) is 0 Å². The number of phenols is 2. The van der Waals surface area contributed by atoms with E-state index in [1.165, 1.54) is 31.7 Å². The molecular weight excluding hydrogens is 474 g/mol. The molecular formula is C22H34O2Y2-2. The number of hydrogen-bond donors (Lipinski definition) is 2. The van der Waals surface area contributed by atoms with Gasteiger partial charge in [0.1, 0.15) is 0 Å². The number of unbranched alkanes of at least 4 members (excludes halogenated alkanes) is 2. The molecule has 26 heavy (non-hydrogen) atoms. The van der Waals surface area contributed by atoms with Crippen LogP contribution in [0.2, 0.25) is 0 Å². The van der Waals surface area contributed by atoms with Gasteiger partial charge in [0.2, 0.25) is 0 Å². The molecule has 2 radical (unpaired) electrons. The fourth-order valence-electron chi connectivity index (χ4n) is 3.05. The van der Waals surface area contributed by atoms with Crippen LogP contribution in [0.4, 0.5) is 0 Å². The van der Waals surface area contributed by atoms with Crippen molar-refractivity contribution >= 4 is 0 Å². The first-order chi connectivity index (χ1) is 11.5. The first kappa shape index (κ1) is 29.0. The molecule has 1 aliphatic carbocycles. The Hall–Kier alpha value is 0.768. The van der Waals surface area contributed by atoms with Gasteiger partial charge in [-0.2, -0.15) is 0 Å². The van der Waals surface area contributed by atoms with Gasteiger partial charge in [0, 0.05) is 65.4 Å². The van der Waals surface area contributed by atoms with Gasteiger partial charge < -0.3 is 22.3 Å². The quantitative estimate of drug-likeness (QED) is 0.273. The normalized spacial score (nSPS) is 16.9. The van der Waals surface area contributed by atoms with E-state index < -0.39 is 0 Å². The SMILES string of the molecule is CCC(C)C1CC=C(C)CC1.CCCCCc1[c-]c(O)cc(O)[c-]1.[Y].[Y]. The average molecular weight is 508 g/mol. The maximum Gasteiger partial charge on any atom is 0 e. The van der Waals surface area contributed by atoms with Gasteiger partial charge in [0.05, 0.1) is 0 Å². The Morgan fingerprint density at radius 3 is 2.19 bits per heavy atom. The summed E-state index contributed by atoms with van der Waals surface area (Å²) in [7, 11) is 0. The molecule has 4 heteroatoms. The van der Waals surface area contributed by atoms with Gasteiger partial charge in [-0.3, -0.25) is 5.56 Å². The Kier molecular flexibility index (Phi) is 18.6. The van der Waals surface area contributed by atoms with Crippen molar-refractivity contribution in [3.05, 3.63) is 35.4 Å². The summed E-state index contributed by atoms with van der Waals surface area (Å²) in [4.78, 5) is 0. The molecule has 0 fully saturated rings. The van der Waals surface area contributed by atoms with Crippen molar-refractivity contribution in [2.24, 2.45) is 11.8 Å². The number of hydrogen-bond acceptors (Lipinski definition) is 2. The third kappa shape index (κ3) is 12.3. The van der Waals surface area contributed by atoms with Gasteiger partial charge in [-0.1, -0.05) is 64.5 Å². The molecule has 2 N–H and O–H groups in total. The summed E-state index contributed by atoms with van der Waals surface area (Å²) in [5, 5.41) is 18.2. The Morgan fingerprint density at radius 2 is 1.73 bits per heavy atom. The summed E-state index contributed by atoms with van der Waals surface area (Å²) in [6, 6.07) is 6.73. The van der Waals surface area contributed by atoms with E-state index in [9.17, 15) is 0 Å². The zero-order valence-corrected chi connectivity index (χ0v) is 22.7. The van der Waals surface area contributed by atoms with Crippen molar-refractivity contribution in [2.45, 2.75) is 79.1 Å². The van der Waals surface area contributed by atoms with Crippen LogP contribution in [-0.2, 0) is 71.8 Å². The minimum atomic E-state index is -0.0113. The van der Waals surface area contributed by atoms with Crippen molar-refractivity contribution in [2.75, 3.05) is 0 Å². The van der Waals surface area contributed by atoms with Crippen molar-refractivity contribution < 1.29 is 75.6 Å². The largest absolute Gasteiger partial charge is 0.557 e. The summed E-state index contributed by atoms with van der Waals surface area (Å²) in [5.41, 5.74) is 2.36. The predicted molar refractivity (Wildman–Crippen MR) is 101 cm³/mol. The van der Waals surface area contributed by atoms with Crippen molar-refractivity contribution in [3.8, 4) is 11.5 Å². The standard InChI is InChI=1S/C11H14O2.C11H20.2Y/c1-2-3-4-5-9-6-10(12)8-11(13)7-9;1-4-10(3)11-7-5-9(2)6-8-11;;/h8,12-13H,2-5H2,1H3;5,10-11H,4,6-8H2,1-3H3;;/q-2;;;. The Labute approximate surface area is 211 Å². The maximum atomic E-state index is 9.11. The molecule has 2 nitrogen and oxygen atoms in total. The number of aromatic hydroxyl groups is 2. The van der Waals surface area contributed by atoms with E-state index in [0.717, 1.165) is 43.1 Å². The van der Waals surface area contributed by atoms with Crippen LogP contribution in [0, 0.1) is 24.0 Å². The number of rotatable bonds is 6. The van der Waals surface area contributed by atoms with Crippen molar-refractivity contribution in [3.63, 3.8) is 0 Å². The fourth-order valence-corrected chi connectivity index (χ4v) is 3.05. The Balaban J connectivity index is 0. The molecule has 0 heterocycles. The molecule has 142 valence electrons. The summed E-state index contributed by atoms with van der Waals surface area (Å²) >= 11 is 0. The summed E-state index contributed by atoms with van der Waals surface area (Å²) in [6.07, 6.45) is 12.1. The topological polar surface area (TPSA) is 40.5 Å². The van der Waals surface area contributed by atoms with E-state index >= 15 is 0 Å². The molecule has 0 bridgehead atoms. The van der Waals surface area contributed by atoms with E-state index in [4.69, 9.17) is 10.2 Å². The Bertz CT molecular complexity index is 495. The monoisotopic (exact) mass is 508 g/mol. The molecule has 1 aliphatic rings. The zero-order valence-electron chi connectivity index (χ0n) is 17.0. The average Bonchev–Trinajstić information content (AvgIpc) is 2.55.